The molecule has 0 saturated heterocycles. The third-order valence-electron chi connectivity index (χ3n) is 2.93. The van der Waals surface area contributed by atoms with E-state index in [-0.39, 0.29) is 18.0 Å². The molecule has 1 aromatic carbocycles. The Morgan fingerprint density at radius 1 is 1.22 bits per heavy atom. The number of amides is 3. The van der Waals surface area contributed by atoms with Gasteiger partial charge in [-0.1, -0.05) is 12.1 Å². The lowest BCUT2D eigenvalue weighted by atomic mass is 10.1. The number of benzene rings is 1. The molecule has 0 radical (unpaired) electrons. The minimum atomic E-state index is -0.207. The van der Waals surface area contributed by atoms with Crippen LogP contribution in [-0.2, 0) is 6.54 Å². The summed E-state index contributed by atoms with van der Waals surface area (Å²) in [5, 5.41) is 8.86. The van der Waals surface area contributed by atoms with Gasteiger partial charge in [0.25, 0.3) is 5.91 Å². The van der Waals surface area contributed by atoms with Crippen LogP contribution in [0, 0.1) is 6.92 Å². The number of nitrogens with one attached hydrogen (secondary N) is 3. The van der Waals surface area contributed by atoms with E-state index in [0.717, 1.165) is 10.4 Å². The van der Waals surface area contributed by atoms with E-state index >= 15 is 0 Å². The van der Waals surface area contributed by atoms with Gasteiger partial charge in [-0.2, -0.15) is 0 Å². The third kappa shape index (κ3) is 5.37. The summed E-state index contributed by atoms with van der Waals surface area (Å²) in [5.41, 5.74) is 1.47. The van der Waals surface area contributed by atoms with Gasteiger partial charge in [0.05, 0.1) is 0 Å². The van der Waals surface area contributed by atoms with E-state index in [0.29, 0.717) is 17.2 Å². The van der Waals surface area contributed by atoms with Gasteiger partial charge in [0.2, 0.25) is 0 Å². The standard InChI is InChI=1S/C16H20N4O2S/c1-10(2)19-15(22)17-9-12-4-6-13(7-5-12)14(21)20-16-18-8-11(3)23-16/h4-8,10H,9H2,1-3H3,(H2,17,19,22)(H,18,20,21). The molecule has 6 nitrogen and oxygen atoms in total. The van der Waals surface area contributed by atoms with Gasteiger partial charge in [0.1, 0.15) is 0 Å². The number of carbonyl (C=O) groups is 2. The number of carbonyl (C=O) groups excluding carboxylic acids is 2. The Hall–Kier alpha value is -2.41. The van der Waals surface area contributed by atoms with E-state index in [9.17, 15) is 9.59 Å². The fourth-order valence-corrected chi connectivity index (χ4v) is 2.51. The lowest BCUT2D eigenvalue weighted by Crippen LogP contribution is -2.39. The van der Waals surface area contributed by atoms with Crippen molar-refractivity contribution in [2.45, 2.75) is 33.4 Å². The molecule has 2 aromatic rings. The molecule has 0 bridgehead atoms. The quantitative estimate of drug-likeness (QED) is 0.787. The Bertz CT molecular complexity index is 680. The second-order valence-electron chi connectivity index (χ2n) is 5.41. The molecule has 0 aliphatic rings. The van der Waals surface area contributed by atoms with Crippen molar-refractivity contribution < 1.29 is 9.59 Å². The summed E-state index contributed by atoms with van der Waals surface area (Å²) in [6, 6.07) is 6.98. The zero-order valence-electron chi connectivity index (χ0n) is 13.3. The number of anilines is 1. The maximum absolute atomic E-state index is 12.1. The monoisotopic (exact) mass is 332 g/mol. The van der Waals surface area contributed by atoms with Crippen LogP contribution in [0.1, 0.15) is 34.6 Å². The number of thiazole rings is 1. The molecular formula is C16H20N4O2S. The topological polar surface area (TPSA) is 83.1 Å². The van der Waals surface area contributed by atoms with Crippen molar-refractivity contribution in [3.63, 3.8) is 0 Å². The van der Waals surface area contributed by atoms with Crippen molar-refractivity contribution in [3.05, 3.63) is 46.5 Å². The lowest BCUT2D eigenvalue weighted by Gasteiger charge is -2.10. The number of aryl methyl sites for hydroxylation is 1. The second-order valence-corrected chi connectivity index (χ2v) is 6.64. The molecule has 1 aromatic heterocycles. The van der Waals surface area contributed by atoms with Gasteiger partial charge in [-0.15, -0.1) is 11.3 Å². The Morgan fingerprint density at radius 2 is 1.91 bits per heavy atom. The molecule has 0 spiro atoms. The Balaban J connectivity index is 1.88. The van der Waals surface area contributed by atoms with E-state index < -0.39 is 0 Å². The van der Waals surface area contributed by atoms with Crippen LogP contribution in [-0.4, -0.2) is 23.0 Å². The van der Waals surface area contributed by atoms with Crippen molar-refractivity contribution in [1.82, 2.24) is 15.6 Å². The predicted molar refractivity (Wildman–Crippen MR) is 91.8 cm³/mol. The number of nitrogens with zero attached hydrogens (tertiary/aromatic N) is 1. The first-order chi connectivity index (χ1) is 10.9. The molecular weight excluding hydrogens is 312 g/mol. The first kappa shape index (κ1) is 17.0. The Morgan fingerprint density at radius 3 is 2.48 bits per heavy atom. The van der Waals surface area contributed by atoms with Crippen molar-refractivity contribution in [3.8, 4) is 0 Å². The van der Waals surface area contributed by atoms with E-state index in [1.165, 1.54) is 11.3 Å². The van der Waals surface area contributed by atoms with Gasteiger partial charge < -0.3 is 10.6 Å². The zero-order chi connectivity index (χ0) is 16.8. The van der Waals surface area contributed by atoms with E-state index in [1.807, 2.05) is 32.9 Å². The molecule has 0 aliphatic carbocycles. The minimum absolute atomic E-state index is 0.0931. The molecule has 0 fully saturated rings. The van der Waals surface area contributed by atoms with E-state index in [1.54, 1.807) is 18.3 Å². The number of aromatic nitrogens is 1. The molecule has 0 aliphatic heterocycles. The van der Waals surface area contributed by atoms with Gasteiger partial charge in [-0.3, -0.25) is 10.1 Å². The second kappa shape index (κ2) is 7.73. The predicted octanol–water partition coefficient (Wildman–Crippen LogP) is 2.91. The van der Waals surface area contributed by atoms with Crippen molar-refractivity contribution >= 4 is 28.4 Å². The fourth-order valence-electron chi connectivity index (χ4n) is 1.85. The molecule has 0 atom stereocenters. The molecule has 0 unspecified atom stereocenters. The van der Waals surface area contributed by atoms with Crippen molar-refractivity contribution in [2.75, 3.05) is 5.32 Å². The van der Waals surface area contributed by atoms with E-state index in [4.69, 9.17) is 0 Å². The van der Waals surface area contributed by atoms with Crippen LogP contribution >= 0.6 is 11.3 Å². The summed E-state index contributed by atoms with van der Waals surface area (Å²) >= 11 is 1.43. The lowest BCUT2D eigenvalue weighted by molar-refractivity contribution is 0.102. The van der Waals surface area contributed by atoms with Gasteiger partial charge in [0, 0.05) is 29.2 Å². The van der Waals surface area contributed by atoms with Gasteiger partial charge in [-0.05, 0) is 38.5 Å². The van der Waals surface area contributed by atoms with Gasteiger partial charge >= 0.3 is 6.03 Å². The largest absolute Gasteiger partial charge is 0.336 e. The summed E-state index contributed by atoms with van der Waals surface area (Å²) in [6.07, 6.45) is 1.72. The van der Waals surface area contributed by atoms with Crippen molar-refractivity contribution in [2.24, 2.45) is 0 Å². The highest BCUT2D eigenvalue weighted by molar-refractivity contribution is 7.15. The van der Waals surface area contributed by atoms with Crippen LogP contribution in [0.4, 0.5) is 9.93 Å². The van der Waals surface area contributed by atoms with Crippen LogP contribution in [0.5, 0.6) is 0 Å². The first-order valence-corrected chi connectivity index (χ1v) is 8.13. The Kier molecular flexibility index (Phi) is 5.70. The highest BCUT2D eigenvalue weighted by Gasteiger charge is 2.08. The average molecular weight is 332 g/mol. The number of urea groups is 1. The molecule has 23 heavy (non-hydrogen) atoms. The highest BCUT2D eigenvalue weighted by atomic mass is 32.1. The molecule has 2 rings (SSSR count). The molecule has 7 heteroatoms. The summed E-state index contributed by atoms with van der Waals surface area (Å²) in [5.74, 6) is -0.198. The normalized spacial score (nSPS) is 10.4. The molecule has 122 valence electrons. The van der Waals surface area contributed by atoms with Crippen LogP contribution in [0.15, 0.2) is 30.5 Å². The SMILES string of the molecule is Cc1cnc(NC(=O)c2ccc(CNC(=O)NC(C)C)cc2)s1. The molecule has 0 saturated carbocycles. The average Bonchev–Trinajstić information content (AvgIpc) is 2.90. The minimum Gasteiger partial charge on any atom is -0.336 e. The third-order valence-corrected chi connectivity index (χ3v) is 3.76. The van der Waals surface area contributed by atoms with Crippen LogP contribution in [0.3, 0.4) is 0 Å². The highest BCUT2D eigenvalue weighted by Crippen LogP contribution is 2.17. The zero-order valence-corrected chi connectivity index (χ0v) is 14.2. The van der Waals surface area contributed by atoms with Crippen LogP contribution in [0.25, 0.3) is 0 Å². The van der Waals surface area contributed by atoms with Crippen molar-refractivity contribution in [1.29, 1.82) is 0 Å². The first-order valence-electron chi connectivity index (χ1n) is 7.31. The molecule has 3 amide bonds. The van der Waals surface area contributed by atoms with Gasteiger partial charge in [-0.25, -0.2) is 9.78 Å². The maximum atomic E-state index is 12.1. The van der Waals surface area contributed by atoms with Crippen LogP contribution in [0.2, 0.25) is 0 Å². The smallest absolute Gasteiger partial charge is 0.315 e. The molecule has 1 heterocycles. The van der Waals surface area contributed by atoms with Crippen LogP contribution < -0.4 is 16.0 Å². The Labute approximate surface area is 139 Å². The van der Waals surface area contributed by atoms with Gasteiger partial charge in [0.15, 0.2) is 5.13 Å². The van der Waals surface area contributed by atoms with E-state index in [2.05, 4.69) is 20.9 Å². The summed E-state index contributed by atoms with van der Waals surface area (Å²) < 4.78 is 0. The number of hydrogen-bond acceptors (Lipinski definition) is 4. The number of hydrogen-bond donors (Lipinski definition) is 3. The summed E-state index contributed by atoms with van der Waals surface area (Å²) in [6.45, 7) is 6.14. The fraction of sp³-hybridized carbons (Fsp3) is 0.312. The summed E-state index contributed by atoms with van der Waals surface area (Å²) in [7, 11) is 0. The number of rotatable bonds is 5. The maximum Gasteiger partial charge on any atom is 0.315 e. The summed E-state index contributed by atoms with van der Waals surface area (Å²) in [4.78, 5) is 28.8. The molecule has 3 N–H and O–H groups in total.